The first-order valence-corrected chi connectivity index (χ1v) is 8.24. The minimum Gasteiger partial charge on any atom is -0.406 e. The summed E-state index contributed by atoms with van der Waals surface area (Å²) in [4.78, 5) is 25.3. The van der Waals surface area contributed by atoms with E-state index in [0.717, 1.165) is 0 Å². The summed E-state index contributed by atoms with van der Waals surface area (Å²) in [5.41, 5.74) is 4.54. The van der Waals surface area contributed by atoms with Crippen molar-refractivity contribution in [3.8, 4) is 5.75 Å². The average Bonchev–Trinajstić information content (AvgIpc) is 2.53. The Kier molecular flexibility index (Phi) is 4.70. The molecule has 0 unspecified atom stereocenters. The van der Waals surface area contributed by atoms with Crippen LogP contribution in [0.3, 0.4) is 0 Å². The summed E-state index contributed by atoms with van der Waals surface area (Å²) in [7, 11) is 0. The third kappa shape index (κ3) is 3.85. The number of piperidine rings is 1. The van der Waals surface area contributed by atoms with Crippen molar-refractivity contribution in [3.05, 3.63) is 46.2 Å². The van der Waals surface area contributed by atoms with Gasteiger partial charge in [0.25, 0.3) is 0 Å². The van der Waals surface area contributed by atoms with Crippen molar-refractivity contribution in [3.63, 3.8) is 0 Å². The zero-order chi connectivity index (χ0) is 19.1. The first kappa shape index (κ1) is 18.3. The number of Topliss-reactive ketones (excluding diaryl/α,β-unsaturated/α-hetero) is 1. The van der Waals surface area contributed by atoms with Crippen LogP contribution >= 0.6 is 15.9 Å². The molecule has 0 saturated carbocycles. The highest BCUT2D eigenvalue weighted by molar-refractivity contribution is 9.11. The Labute approximate surface area is 155 Å². The van der Waals surface area contributed by atoms with E-state index < -0.39 is 6.36 Å². The van der Waals surface area contributed by atoms with Gasteiger partial charge in [-0.05, 0) is 40.2 Å². The molecule has 2 aliphatic rings. The van der Waals surface area contributed by atoms with Crippen LogP contribution in [0.1, 0.15) is 6.92 Å². The average molecular weight is 432 g/mol. The number of ketones is 1. The number of hydrogen-bond acceptors (Lipinski definition) is 5. The van der Waals surface area contributed by atoms with Crippen LogP contribution in [-0.2, 0) is 9.59 Å². The minimum atomic E-state index is -4.76. The number of benzene rings is 1. The van der Waals surface area contributed by atoms with E-state index in [1.807, 2.05) is 0 Å². The molecule has 2 aliphatic heterocycles. The zero-order valence-electron chi connectivity index (χ0n) is 13.4. The molecule has 0 aromatic heterocycles. The molecule has 0 bridgehead atoms. The van der Waals surface area contributed by atoms with E-state index in [-0.39, 0.29) is 30.5 Å². The molecule has 138 valence electrons. The molecule has 3 rings (SSSR count). The van der Waals surface area contributed by atoms with Crippen LogP contribution in [0.5, 0.6) is 5.75 Å². The number of hydrogen-bond donors (Lipinski definition) is 1. The number of likely N-dealkylation sites (tertiary alicyclic amines) is 1. The van der Waals surface area contributed by atoms with E-state index in [9.17, 15) is 22.8 Å². The Morgan fingerprint density at radius 2 is 1.88 bits per heavy atom. The maximum absolute atomic E-state index is 12.3. The number of amides is 1. The molecule has 1 aromatic carbocycles. The molecule has 26 heavy (non-hydrogen) atoms. The van der Waals surface area contributed by atoms with E-state index in [1.165, 1.54) is 41.1 Å². The lowest BCUT2D eigenvalue weighted by Gasteiger charge is -2.35. The summed E-state index contributed by atoms with van der Waals surface area (Å²) >= 11 is 3.31. The second kappa shape index (κ2) is 6.67. The molecular formula is C16H13BrF3N3O3. The molecule has 0 spiro atoms. The highest BCUT2D eigenvalue weighted by Crippen LogP contribution is 2.31. The number of rotatable bonds is 2. The molecule has 1 saturated heterocycles. The van der Waals surface area contributed by atoms with Crippen molar-refractivity contribution in [2.75, 3.05) is 18.1 Å². The summed E-state index contributed by atoms with van der Waals surface area (Å²) in [5, 5.41) is 1.54. The van der Waals surface area contributed by atoms with E-state index in [2.05, 4.69) is 26.1 Å². The van der Waals surface area contributed by atoms with Gasteiger partial charge in [-0.15, -0.1) is 13.2 Å². The third-order valence-corrected chi connectivity index (χ3v) is 4.39. The number of anilines is 1. The molecule has 6 nitrogen and oxygen atoms in total. The fourth-order valence-corrected chi connectivity index (χ4v) is 3.33. The SMILES string of the molecule is CC(=O)N1CC(=O)C2=C(Br)NN(c3ccc(OC(F)(F)F)cc3)C=C2C1. The van der Waals surface area contributed by atoms with E-state index in [1.54, 1.807) is 6.20 Å². The van der Waals surface area contributed by atoms with Crippen LogP contribution in [-0.4, -0.2) is 36.0 Å². The lowest BCUT2D eigenvalue weighted by Crippen LogP contribution is -2.46. The van der Waals surface area contributed by atoms with Crippen LogP contribution in [0, 0.1) is 0 Å². The Hall–Kier alpha value is -2.49. The topological polar surface area (TPSA) is 61.9 Å². The lowest BCUT2D eigenvalue weighted by atomic mass is 9.97. The summed E-state index contributed by atoms with van der Waals surface area (Å²) < 4.78 is 41.0. The molecule has 1 N–H and O–H groups in total. The molecule has 1 aromatic rings. The van der Waals surface area contributed by atoms with Crippen molar-refractivity contribution in [1.29, 1.82) is 0 Å². The maximum atomic E-state index is 12.3. The van der Waals surface area contributed by atoms with Gasteiger partial charge in [-0.2, -0.15) is 0 Å². The van der Waals surface area contributed by atoms with Crippen molar-refractivity contribution in [2.45, 2.75) is 13.3 Å². The van der Waals surface area contributed by atoms with Crippen LogP contribution in [0.4, 0.5) is 18.9 Å². The first-order valence-electron chi connectivity index (χ1n) is 7.45. The highest BCUT2D eigenvalue weighted by atomic mass is 79.9. The second-order valence-corrected chi connectivity index (χ2v) is 6.46. The highest BCUT2D eigenvalue weighted by Gasteiger charge is 2.33. The Balaban J connectivity index is 1.85. The van der Waals surface area contributed by atoms with Gasteiger partial charge in [0.1, 0.15) is 10.4 Å². The van der Waals surface area contributed by atoms with Crippen LogP contribution in [0.25, 0.3) is 0 Å². The summed E-state index contributed by atoms with van der Waals surface area (Å²) in [6.45, 7) is 1.65. The molecule has 0 radical (unpaired) electrons. The van der Waals surface area contributed by atoms with Gasteiger partial charge in [-0.1, -0.05) is 0 Å². The molecule has 1 amide bonds. The molecule has 2 heterocycles. The number of hydrazine groups is 1. The predicted octanol–water partition coefficient (Wildman–Crippen LogP) is 2.83. The van der Waals surface area contributed by atoms with Crippen molar-refractivity contribution >= 4 is 33.3 Å². The number of alkyl halides is 3. The van der Waals surface area contributed by atoms with Gasteiger partial charge in [0.05, 0.1) is 17.8 Å². The fraction of sp³-hybridized carbons (Fsp3) is 0.250. The number of carbonyl (C=O) groups excluding carboxylic acids is 2. The van der Waals surface area contributed by atoms with Gasteiger partial charge in [0, 0.05) is 25.2 Å². The van der Waals surface area contributed by atoms with Gasteiger partial charge >= 0.3 is 6.36 Å². The number of fused-ring (bicyclic) bond motifs is 1. The van der Waals surface area contributed by atoms with Gasteiger partial charge in [0.2, 0.25) is 5.91 Å². The van der Waals surface area contributed by atoms with E-state index in [4.69, 9.17) is 0 Å². The quantitative estimate of drug-likeness (QED) is 0.729. The van der Waals surface area contributed by atoms with Gasteiger partial charge in [0.15, 0.2) is 5.78 Å². The summed E-state index contributed by atoms with van der Waals surface area (Å²) in [5.74, 6) is -0.754. The Morgan fingerprint density at radius 1 is 1.23 bits per heavy atom. The van der Waals surface area contributed by atoms with Gasteiger partial charge in [-0.3, -0.25) is 20.0 Å². The van der Waals surface area contributed by atoms with E-state index in [0.29, 0.717) is 21.4 Å². The number of halogens is 4. The standard InChI is InChI=1S/C16H13BrF3N3O3/c1-9(24)22-6-10-7-23(21-15(17)14(10)13(25)8-22)11-2-4-12(5-3-11)26-16(18,19)20/h2-5,7,21H,6,8H2,1H3. The van der Waals surface area contributed by atoms with Crippen LogP contribution in [0.2, 0.25) is 0 Å². The zero-order valence-corrected chi connectivity index (χ0v) is 15.0. The second-order valence-electron chi connectivity index (χ2n) is 5.67. The fourth-order valence-electron chi connectivity index (χ4n) is 2.66. The number of nitrogens with one attached hydrogen (secondary N) is 1. The minimum absolute atomic E-state index is 0.00225. The Morgan fingerprint density at radius 3 is 2.46 bits per heavy atom. The smallest absolute Gasteiger partial charge is 0.406 e. The Bertz CT molecular complexity index is 818. The maximum Gasteiger partial charge on any atom is 0.573 e. The molecule has 0 aliphatic carbocycles. The van der Waals surface area contributed by atoms with Crippen molar-refractivity contribution < 1.29 is 27.5 Å². The van der Waals surface area contributed by atoms with Crippen molar-refractivity contribution in [1.82, 2.24) is 10.3 Å². The summed E-state index contributed by atoms with van der Waals surface area (Å²) in [6.07, 6.45) is -3.13. The monoisotopic (exact) mass is 431 g/mol. The lowest BCUT2D eigenvalue weighted by molar-refractivity contribution is -0.274. The number of ether oxygens (including phenoxy) is 1. The predicted molar refractivity (Wildman–Crippen MR) is 90.0 cm³/mol. The molecule has 0 atom stereocenters. The van der Waals surface area contributed by atoms with Crippen LogP contribution < -0.4 is 15.2 Å². The molecule has 10 heteroatoms. The van der Waals surface area contributed by atoms with E-state index >= 15 is 0 Å². The van der Waals surface area contributed by atoms with Crippen LogP contribution in [0.15, 0.2) is 46.2 Å². The van der Waals surface area contributed by atoms with Gasteiger partial charge in [-0.25, -0.2) is 0 Å². The number of carbonyl (C=O) groups is 2. The largest absolute Gasteiger partial charge is 0.573 e. The normalized spacial score (nSPS) is 17.6. The molecular weight excluding hydrogens is 419 g/mol. The van der Waals surface area contributed by atoms with Crippen molar-refractivity contribution in [2.24, 2.45) is 0 Å². The first-order chi connectivity index (χ1) is 12.1. The third-order valence-electron chi connectivity index (χ3n) is 3.81. The number of nitrogens with zero attached hydrogens (tertiary/aromatic N) is 2. The van der Waals surface area contributed by atoms with Gasteiger partial charge < -0.3 is 9.64 Å². The molecule has 1 fully saturated rings. The summed E-state index contributed by atoms with van der Waals surface area (Å²) in [6, 6.07) is 5.24.